The molecule has 0 saturated heterocycles. The minimum absolute atomic E-state index is 0.0305. The lowest BCUT2D eigenvalue weighted by atomic mass is 10.1. The number of rotatable bonds is 4. The summed E-state index contributed by atoms with van der Waals surface area (Å²) in [6.07, 6.45) is 4.76. The second-order valence-electron chi connectivity index (χ2n) is 5.76. The summed E-state index contributed by atoms with van der Waals surface area (Å²) in [5, 5.41) is 14.1. The molecule has 0 bridgehead atoms. The van der Waals surface area contributed by atoms with Gasteiger partial charge in [-0.2, -0.15) is 4.98 Å². The van der Waals surface area contributed by atoms with Gasteiger partial charge in [-0.05, 0) is 36.3 Å². The Hall–Kier alpha value is -2.92. The number of hydrogen-bond acceptors (Lipinski definition) is 5. The van der Waals surface area contributed by atoms with Crippen molar-refractivity contribution >= 4 is 45.7 Å². The Bertz CT molecular complexity index is 971. The second kappa shape index (κ2) is 6.53. The zero-order valence-electron chi connectivity index (χ0n) is 13.7. The lowest BCUT2D eigenvalue weighted by Crippen LogP contribution is -1.89. The molecule has 0 fully saturated rings. The number of thiazole rings is 1. The molecule has 0 spiro atoms. The normalized spacial score (nSPS) is 14.0. The number of hydrogen-bond donors (Lipinski definition) is 2. The van der Waals surface area contributed by atoms with E-state index in [0.29, 0.717) is 10.0 Å². The quantitative estimate of drug-likeness (QED) is 0.663. The fraction of sp³-hybridized carbons (Fsp3) is 0.100. The Morgan fingerprint density at radius 2 is 1.92 bits per heavy atom. The largest absolute Gasteiger partial charge is 0.492 e. The maximum atomic E-state index is 10.2. The summed E-state index contributed by atoms with van der Waals surface area (Å²) >= 11 is 1.42. The van der Waals surface area contributed by atoms with Crippen molar-refractivity contribution in [2.45, 2.75) is 13.3 Å². The fourth-order valence-corrected chi connectivity index (χ4v) is 3.55. The van der Waals surface area contributed by atoms with E-state index in [1.807, 2.05) is 48.7 Å². The van der Waals surface area contributed by atoms with Gasteiger partial charge >= 0.3 is 0 Å². The Kier molecular flexibility index (Phi) is 4.07. The van der Waals surface area contributed by atoms with Gasteiger partial charge in [0, 0.05) is 23.0 Å². The van der Waals surface area contributed by atoms with Crippen LogP contribution in [0.1, 0.15) is 22.9 Å². The Morgan fingerprint density at radius 3 is 2.72 bits per heavy atom. The van der Waals surface area contributed by atoms with Gasteiger partial charge in [-0.3, -0.25) is 4.99 Å². The highest BCUT2D eigenvalue weighted by Gasteiger charge is 2.14. The Balaban J connectivity index is 1.59. The highest BCUT2D eigenvalue weighted by Crippen LogP contribution is 2.37. The van der Waals surface area contributed by atoms with Gasteiger partial charge in [0.25, 0.3) is 0 Å². The predicted octanol–water partition coefficient (Wildman–Crippen LogP) is 5.41. The number of nitrogens with one attached hydrogen (secondary N) is 1. The van der Waals surface area contributed by atoms with Gasteiger partial charge < -0.3 is 10.4 Å². The SMILES string of the molecule is CCc1ccc(Nc2nc(O)c(C=C3C=Nc4ccccc43)s2)cc1. The number of fused-ring (bicyclic) bond motifs is 1. The van der Waals surface area contributed by atoms with Gasteiger partial charge in [-0.25, -0.2) is 0 Å². The number of benzene rings is 2. The molecule has 4 nitrogen and oxygen atoms in total. The molecule has 0 unspecified atom stereocenters. The molecule has 2 heterocycles. The first-order chi connectivity index (χ1) is 12.2. The fourth-order valence-electron chi connectivity index (χ4n) is 2.71. The van der Waals surface area contributed by atoms with Gasteiger partial charge in [0.05, 0.1) is 10.6 Å². The first-order valence-electron chi connectivity index (χ1n) is 8.14. The van der Waals surface area contributed by atoms with Crippen molar-refractivity contribution in [3.8, 4) is 5.88 Å². The van der Waals surface area contributed by atoms with Crippen molar-refractivity contribution in [2.24, 2.45) is 4.99 Å². The van der Waals surface area contributed by atoms with E-state index < -0.39 is 0 Å². The zero-order valence-corrected chi connectivity index (χ0v) is 14.5. The van der Waals surface area contributed by atoms with Crippen molar-refractivity contribution in [1.82, 2.24) is 4.98 Å². The lowest BCUT2D eigenvalue weighted by molar-refractivity contribution is 0.457. The lowest BCUT2D eigenvalue weighted by Gasteiger charge is -2.03. The van der Waals surface area contributed by atoms with E-state index in [1.54, 1.807) is 0 Å². The molecule has 2 N–H and O–H groups in total. The number of allylic oxidation sites excluding steroid dienone is 1. The topological polar surface area (TPSA) is 57.5 Å². The van der Waals surface area contributed by atoms with E-state index in [9.17, 15) is 5.11 Å². The Labute approximate surface area is 150 Å². The van der Waals surface area contributed by atoms with Gasteiger partial charge in [-0.1, -0.05) is 48.6 Å². The van der Waals surface area contributed by atoms with Crippen molar-refractivity contribution in [2.75, 3.05) is 5.32 Å². The molecule has 0 radical (unpaired) electrons. The molecule has 1 aliphatic heterocycles. The maximum absolute atomic E-state index is 10.2. The van der Waals surface area contributed by atoms with Crippen LogP contribution >= 0.6 is 11.3 Å². The molecule has 2 aromatic carbocycles. The van der Waals surface area contributed by atoms with Crippen LogP contribution in [0.3, 0.4) is 0 Å². The van der Waals surface area contributed by atoms with Crippen molar-refractivity contribution in [3.63, 3.8) is 0 Å². The minimum atomic E-state index is 0.0305. The van der Waals surface area contributed by atoms with Gasteiger partial charge in [0.15, 0.2) is 5.13 Å². The van der Waals surface area contributed by atoms with Crippen LogP contribution in [0.25, 0.3) is 11.6 Å². The van der Waals surface area contributed by atoms with E-state index in [-0.39, 0.29) is 5.88 Å². The summed E-state index contributed by atoms with van der Waals surface area (Å²) in [4.78, 5) is 9.33. The van der Waals surface area contributed by atoms with Gasteiger partial charge in [0.2, 0.25) is 5.88 Å². The summed E-state index contributed by atoms with van der Waals surface area (Å²) in [7, 11) is 0. The summed E-state index contributed by atoms with van der Waals surface area (Å²) in [5.74, 6) is 0.0305. The standard InChI is InChI=1S/C20H17N3OS/c1-2-13-7-9-15(10-8-13)22-20-23-19(24)18(25-20)11-14-12-21-17-6-4-3-5-16(14)17/h3-12,24H,2H2,1H3,(H,22,23). The molecule has 0 saturated carbocycles. The summed E-state index contributed by atoms with van der Waals surface area (Å²) in [6, 6.07) is 16.2. The predicted molar refractivity (Wildman–Crippen MR) is 105 cm³/mol. The molecule has 0 atom stereocenters. The Morgan fingerprint density at radius 1 is 1.12 bits per heavy atom. The summed E-state index contributed by atoms with van der Waals surface area (Å²) in [6.45, 7) is 2.13. The first kappa shape index (κ1) is 15.6. The smallest absolute Gasteiger partial charge is 0.231 e. The molecular formula is C20H17N3OS. The van der Waals surface area contributed by atoms with E-state index in [0.717, 1.165) is 28.9 Å². The monoisotopic (exact) mass is 347 g/mol. The third-order valence-corrected chi connectivity index (χ3v) is 5.00. The molecule has 0 aliphatic carbocycles. The highest BCUT2D eigenvalue weighted by molar-refractivity contribution is 7.16. The molecule has 0 amide bonds. The number of aromatic hydroxyl groups is 1. The van der Waals surface area contributed by atoms with Crippen LogP contribution in [-0.2, 0) is 6.42 Å². The van der Waals surface area contributed by atoms with Crippen LogP contribution in [0.4, 0.5) is 16.5 Å². The molecule has 1 aromatic heterocycles. The number of anilines is 2. The van der Waals surface area contributed by atoms with Crippen LogP contribution in [0, 0.1) is 0 Å². The summed E-state index contributed by atoms with van der Waals surface area (Å²) < 4.78 is 0. The van der Waals surface area contributed by atoms with E-state index in [4.69, 9.17) is 0 Å². The molecular weight excluding hydrogens is 330 g/mol. The highest BCUT2D eigenvalue weighted by atomic mass is 32.1. The molecule has 1 aliphatic rings. The van der Waals surface area contributed by atoms with Gasteiger partial charge in [0.1, 0.15) is 0 Å². The molecule has 5 heteroatoms. The van der Waals surface area contributed by atoms with Crippen molar-refractivity contribution in [1.29, 1.82) is 0 Å². The zero-order chi connectivity index (χ0) is 17.2. The number of aliphatic imine (C=N–C) groups is 1. The summed E-state index contributed by atoms with van der Waals surface area (Å²) in [5.41, 5.74) is 5.25. The molecule has 4 rings (SSSR count). The number of nitrogens with zero attached hydrogens (tertiary/aromatic N) is 2. The average Bonchev–Trinajstić information content (AvgIpc) is 3.20. The first-order valence-corrected chi connectivity index (χ1v) is 8.95. The molecule has 3 aromatic rings. The van der Waals surface area contributed by atoms with E-state index in [1.165, 1.54) is 16.9 Å². The number of aromatic nitrogens is 1. The van der Waals surface area contributed by atoms with E-state index in [2.05, 4.69) is 34.3 Å². The third-order valence-electron chi connectivity index (χ3n) is 4.09. The third kappa shape index (κ3) is 3.19. The maximum Gasteiger partial charge on any atom is 0.231 e. The molecule has 25 heavy (non-hydrogen) atoms. The minimum Gasteiger partial charge on any atom is -0.492 e. The van der Waals surface area contributed by atoms with Crippen molar-refractivity contribution < 1.29 is 5.11 Å². The van der Waals surface area contributed by atoms with Crippen LogP contribution < -0.4 is 5.32 Å². The number of para-hydroxylation sites is 1. The van der Waals surface area contributed by atoms with Crippen LogP contribution in [0.15, 0.2) is 53.5 Å². The molecule has 124 valence electrons. The van der Waals surface area contributed by atoms with Crippen LogP contribution in [0.2, 0.25) is 0 Å². The average molecular weight is 347 g/mol. The number of aryl methyl sites for hydroxylation is 1. The van der Waals surface area contributed by atoms with Crippen LogP contribution in [0.5, 0.6) is 5.88 Å². The van der Waals surface area contributed by atoms with Crippen LogP contribution in [-0.4, -0.2) is 16.3 Å². The second-order valence-corrected chi connectivity index (χ2v) is 6.79. The van der Waals surface area contributed by atoms with Crippen molar-refractivity contribution in [3.05, 3.63) is 64.5 Å². The van der Waals surface area contributed by atoms with E-state index >= 15 is 0 Å². The van der Waals surface area contributed by atoms with Gasteiger partial charge in [-0.15, -0.1) is 0 Å².